The number of nitrogens with one attached hydrogen (secondary N) is 2. The van der Waals surface area contributed by atoms with Gasteiger partial charge in [-0.3, -0.25) is 4.79 Å². The van der Waals surface area contributed by atoms with Crippen LogP contribution >= 0.6 is 0 Å². The van der Waals surface area contributed by atoms with Gasteiger partial charge in [-0.05, 0) is 31.3 Å². The fourth-order valence-corrected chi connectivity index (χ4v) is 1.33. The average molecular weight is 184 g/mol. The minimum Gasteiger partial charge on any atom is -0.356 e. The Bertz CT molecular complexity index is 164. The van der Waals surface area contributed by atoms with Gasteiger partial charge in [-0.25, -0.2) is 0 Å². The predicted molar refractivity (Wildman–Crippen MR) is 53.4 cm³/mol. The molecule has 1 amide bonds. The van der Waals surface area contributed by atoms with E-state index < -0.39 is 0 Å². The predicted octanol–water partition coefficient (Wildman–Crippen LogP) is 0.758. The molecule has 1 heterocycles. The monoisotopic (exact) mass is 184 g/mol. The van der Waals surface area contributed by atoms with Gasteiger partial charge < -0.3 is 10.6 Å². The molecule has 1 fully saturated rings. The molecular formula is C10H20N2O. The van der Waals surface area contributed by atoms with Gasteiger partial charge >= 0.3 is 0 Å². The highest BCUT2D eigenvalue weighted by Crippen LogP contribution is 2.07. The van der Waals surface area contributed by atoms with Gasteiger partial charge in [0.15, 0.2) is 0 Å². The second-order valence-corrected chi connectivity index (χ2v) is 4.26. The van der Waals surface area contributed by atoms with Crippen molar-refractivity contribution in [2.45, 2.75) is 26.7 Å². The molecule has 1 aliphatic heterocycles. The summed E-state index contributed by atoms with van der Waals surface area (Å²) in [6.07, 6.45) is 1.78. The van der Waals surface area contributed by atoms with Crippen molar-refractivity contribution in [3.05, 3.63) is 0 Å². The molecule has 2 N–H and O–H groups in total. The van der Waals surface area contributed by atoms with Crippen LogP contribution < -0.4 is 10.6 Å². The molecule has 3 nitrogen and oxygen atoms in total. The zero-order valence-electron chi connectivity index (χ0n) is 8.60. The molecule has 0 aromatic rings. The van der Waals surface area contributed by atoms with Gasteiger partial charge in [0.1, 0.15) is 0 Å². The lowest BCUT2D eigenvalue weighted by atomic mass is 9.99. The number of hydrogen-bond donors (Lipinski definition) is 2. The lowest BCUT2D eigenvalue weighted by Crippen LogP contribution is -2.44. The summed E-state index contributed by atoms with van der Waals surface area (Å²) in [5, 5.41) is 6.11. The first-order chi connectivity index (χ1) is 6.18. The topological polar surface area (TPSA) is 41.1 Å². The Hall–Kier alpha value is -0.570. The first kappa shape index (κ1) is 10.5. The van der Waals surface area contributed by atoms with Gasteiger partial charge in [0.25, 0.3) is 0 Å². The van der Waals surface area contributed by atoms with Crippen LogP contribution in [0.5, 0.6) is 0 Å². The van der Waals surface area contributed by atoms with E-state index in [1.165, 1.54) is 0 Å². The molecule has 0 atom stereocenters. The third kappa shape index (κ3) is 4.27. The minimum atomic E-state index is 0.215. The van der Waals surface area contributed by atoms with E-state index in [0.29, 0.717) is 18.3 Å². The highest BCUT2D eigenvalue weighted by atomic mass is 16.1. The zero-order valence-corrected chi connectivity index (χ0v) is 8.60. The number of hydrogen-bond acceptors (Lipinski definition) is 2. The third-order valence-electron chi connectivity index (χ3n) is 2.38. The van der Waals surface area contributed by atoms with E-state index in [9.17, 15) is 4.79 Å². The highest BCUT2D eigenvalue weighted by molar-refractivity contribution is 5.76. The van der Waals surface area contributed by atoms with Crippen LogP contribution in [0.2, 0.25) is 0 Å². The number of rotatable bonds is 5. The Labute approximate surface area is 80.3 Å². The molecule has 1 saturated heterocycles. The quantitative estimate of drug-likeness (QED) is 0.662. The van der Waals surface area contributed by atoms with E-state index in [0.717, 1.165) is 26.1 Å². The van der Waals surface area contributed by atoms with Crippen molar-refractivity contribution in [3.63, 3.8) is 0 Å². The van der Waals surface area contributed by atoms with Crippen LogP contribution in [0.3, 0.4) is 0 Å². The summed E-state index contributed by atoms with van der Waals surface area (Å²) in [4.78, 5) is 11.3. The molecule has 76 valence electrons. The van der Waals surface area contributed by atoms with Gasteiger partial charge in [-0.2, -0.15) is 0 Å². The average Bonchev–Trinajstić information content (AvgIpc) is 1.96. The van der Waals surface area contributed by atoms with Crippen molar-refractivity contribution in [3.8, 4) is 0 Å². The summed E-state index contributed by atoms with van der Waals surface area (Å²) in [6, 6.07) is 0. The van der Waals surface area contributed by atoms with E-state index in [-0.39, 0.29) is 5.91 Å². The SMILES string of the molecule is CC(C)CCNC(=O)CC1CNC1. The van der Waals surface area contributed by atoms with Crippen molar-refractivity contribution in [2.24, 2.45) is 11.8 Å². The molecule has 0 spiro atoms. The second kappa shape index (κ2) is 5.22. The Balaban J connectivity index is 1.97. The van der Waals surface area contributed by atoms with E-state index in [2.05, 4.69) is 24.5 Å². The van der Waals surface area contributed by atoms with E-state index >= 15 is 0 Å². The summed E-state index contributed by atoms with van der Waals surface area (Å²) in [5.74, 6) is 1.47. The molecule has 13 heavy (non-hydrogen) atoms. The number of amides is 1. The first-order valence-electron chi connectivity index (χ1n) is 5.16. The third-order valence-corrected chi connectivity index (χ3v) is 2.38. The number of carbonyl (C=O) groups is 1. The Kier molecular flexibility index (Phi) is 4.22. The summed E-state index contributed by atoms with van der Waals surface area (Å²) in [5.41, 5.74) is 0. The summed E-state index contributed by atoms with van der Waals surface area (Å²) in [7, 11) is 0. The van der Waals surface area contributed by atoms with Crippen LogP contribution in [0, 0.1) is 11.8 Å². The van der Waals surface area contributed by atoms with Crippen molar-refractivity contribution >= 4 is 5.91 Å². The van der Waals surface area contributed by atoms with Crippen molar-refractivity contribution in [1.82, 2.24) is 10.6 Å². The van der Waals surface area contributed by atoms with Gasteiger partial charge in [-0.1, -0.05) is 13.8 Å². The van der Waals surface area contributed by atoms with Crippen LogP contribution in [0.1, 0.15) is 26.7 Å². The van der Waals surface area contributed by atoms with Crippen LogP contribution in [0.15, 0.2) is 0 Å². The maximum atomic E-state index is 11.3. The largest absolute Gasteiger partial charge is 0.356 e. The maximum Gasteiger partial charge on any atom is 0.220 e. The van der Waals surface area contributed by atoms with Gasteiger partial charge in [0.2, 0.25) is 5.91 Å². The molecule has 1 rings (SSSR count). The Morgan fingerprint density at radius 3 is 2.69 bits per heavy atom. The van der Waals surface area contributed by atoms with Crippen LogP contribution in [0.4, 0.5) is 0 Å². The molecule has 1 aliphatic rings. The second-order valence-electron chi connectivity index (χ2n) is 4.26. The van der Waals surface area contributed by atoms with Gasteiger partial charge in [-0.15, -0.1) is 0 Å². The lowest BCUT2D eigenvalue weighted by molar-refractivity contribution is -0.122. The maximum absolute atomic E-state index is 11.3. The molecular weight excluding hydrogens is 164 g/mol. The summed E-state index contributed by atoms with van der Waals surface area (Å²) in [6.45, 7) is 7.19. The standard InChI is InChI=1S/C10H20N2O/c1-8(2)3-4-12-10(13)5-9-6-11-7-9/h8-9,11H,3-7H2,1-2H3,(H,12,13). The fourth-order valence-electron chi connectivity index (χ4n) is 1.33. The molecule has 0 bridgehead atoms. The molecule has 0 radical (unpaired) electrons. The van der Waals surface area contributed by atoms with E-state index in [1.54, 1.807) is 0 Å². The van der Waals surface area contributed by atoms with Crippen molar-refractivity contribution < 1.29 is 4.79 Å². The summed E-state index contributed by atoms with van der Waals surface area (Å²) >= 11 is 0. The lowest BCUT2D eigenvalue weighted by Gasteiger charge is -2.26. The highest BCUT2D eigenvalue weighted by Gasteiger charge is 2.19. The molecule has 0 unspecified atom stereocenters. The molecule has 0 saturated carbocycles. The van der Waals surface area contributed by atoms with Crippen molar-refractivity contribution in [2.75, 3.05) is 19.6 Å². The molecule has 3 heteroatoms. The first-order valence-corrected chi connectivity index (χ1v) is 5.16. The number of carbonyl (C=O) groups excluding carboxylic acids is 1. The zero-order chi connectivity index (χ0) is 9.68. The van der Waals surface area contributed by atoms with E-state index in [4.69, 9.17) is 0 Å². The van der Waals surface area contributed by atoms with Gasteiger partial charge in [0.05, 0.1) is 0 Å². The summed E-state index contributed by atoms with van der Waals surface area (Å²) < 4.78 is 0. The molecule has 0 aromatic carbocycles. The van der Waals surface area contributed by atoms with Crippen LogP contribution in [-0.4, -0.2) is 25.5 Å². The molecule has 0 aliphatic carbocycles. The molecule has 0 aromatic heterocycles. The van der Waals surface area contributed by atoms with Crippen molar-refractivity contribution in [1.29, 1.82) is 0 Å². The van der Waals surface area contributed by atoms with Crippen LogP contribution in [-0.2, 0) is 4.79 Å². The Morgan fingerprint density at radius 2 is 2.23 bits per heavy atom. The minimum absolute atomic E-state index is 0.215. The van der Waals surface area contributed by atoms with Gasteiger partial charge in [0, 0.05) is 13.0 Å². The smallest absolute Gasteiger partial charge is 0.220 e. The van der Waals surface area contributed by atoms with Crippen LogP contribution in [0.25, 0.3) is 0 Å². The Morgan fingerprint density at radius 1 is 1.54 bits per heavy atom. The van der Waals surface area contributed by atoms with E-state index in [1.807, 2.05) is 0 Å². The fraction of sp³-hybridized carbons (Fsp3) is 0.900. The normalized spacial score (nSPS) is 17.2.